The summed E-state index contributed by atoms with van der Waals surface area (Å²) >= 11 is 0. The normalized spacial score (nSPS) is 11.6. The Morgan fingerprint density at radius 1 is 1.47 bits per heavy atom. The van der Waals surface area contributed by atoms with Gasteiger partial charge < -0.3 is 21.0 Å². The van der Waals surface area contributed by atoms with E-state index in [4.69, 9.17) is 15.9 Å². The molecule has 0 aliphatic carbocycles. The second kappa shape index (κ2) is 5.69. The van der Waals surface area contributed by atoms with Crippen molar-refractivity contribution in [2.24, 2.45) is 0 Å². The van der Waals surface area contributed by atoms with E-state index >= 15 is 0 Å². The number of hydrogen-bond donors (Lipinski definition) is 3. The fourth-order valence-electron chi connectivity index (χ4n) is 1.23. The van der Waals surface area contributed by atoms with Crippen molar-refractivity contribution < 1.29 is 14.6 Å². The highest BCUT2D eigenvalue weighted by Crippen LogP contribution is 2.17. The molecule has 0 bridgehead atoms. The summed E-state index contributed by atoms with van der Waals surface area (Å²) in [6.07, 6.45) is 0.768. The molecule has 0 saturated carbocycles. The molecular weight excluding hydrogens is 220 g/mol. The lowest BCUT2D eigenvalue weighted by atomic mass is 10.1. The number of anilines is 1. The van der Waals surface area contributed by atoms with Gasteiger partial charge in [-0.1, -0.05) is 0 Å². The second-order valence-electron chi connectivity index (χ2n) is 3.25. The van der Waals surface area contributed by atoms with Crippen LogP contribution in [0.3, 0.4) is 0 Å². The molecule has 0 aromatic heterocycles. The summed E-state index contributed by atoms with van der Waals surface area (Å²) in [4.78, 5) is 11.4. The van der Waals surface area contributed by atoms with Crippen LogP contribution in [0.1, 0.15) is 12.5 Å². The predicted molar refractivity (Wildman–Crippen MR) is 65.8 cm³/mol. The van der Waals surface area contributed by atoms with Gasteiger partial charge in [-0.3, -0.25) is 0 Å². The van der Waals surface area contributed by atoms with Gasteiger partial charge in [0.25, 0.3) is 0 Å². The predicted octanol–water partition coefficient (Wildman–Crippen LogP) is 1.75. The number of benzene rings is 1. The highest BCUT2D eigenvalue weighted by molar-refractivity contribution is 6.14. The number of ether oxygens (including phenoxy) is 1. The molecule has 0 heterocycles. The zero-order valence-corrected chi connectivity index (χ0v) is 9.43. The summed E-state index contributed by atoms with van der Waals surface area (Å²) in [7, 11) is 0. The average molecular weight is 234 g/mol. The van der Waals surface area contributed by atoms with Crippen LogP contribution in [0.5, 0.6) is 0 Å². The second-order valence-corrected chi connectivity index (χ2v) is 3.25. The maximum Gasteiger partial charge on any atom is 0.343 e. The first-order valence-electron chi connectivity index (χ1n) is 5.07. The molecule has 0 aliphatic rings. The standard InChI is InChI=1S/C12H14N2O3/c1-2-17-12(16)10(7-13)11(15)8-3-5-9(14)6-4-8/h3-7,13,15H,2,14H2,1H3. The van der Waals surface area contributed by atoms with E-state index in [9.17, 15) is 9.90 Å². The smallest absolute Gasteiger partial charge is 0.343 e. The number of carbonyl (C=O) groups is 1. The molecule has 90 valence electrons. The lowest BCUT2D eigenvalue weighted by molar-refractivity contribution is -0.137. The monoisotopic (exact) mass is 234 g/mol. The van der Waals surface area contributed by atoms with Crippen molar-refractivity contribution >= 4 is 23.6 Å². The van der Waals surface area contributed by atoms with Crippen LogP contribution in [0.25, 0.3) is 5.76 Å². The number of nitrogens with two attached hydrogens (primary N) is 1. The third kappa shape index (κ3) is 3.07. The van der Waals surface area contributed by atoms with Gasteiger partial charge in [-0.2, -0.15) is 0 Å². The van der Waals surface area contributed by atoms with Gasteiger partial charge in [0.15, 0.2) is 0 Å². The molecule has 0 amide bonds. The van der Waals surface area contributed by atoms with Crippen molar-refractivity contribution in [1.82, 2.24) is 0 Å². The van der Waals surface area contributed by atoms with Crippen LogP contribution in [0.2, 0.25) is 0 Å². The van der Waals surface area contributed by atoms with Crippen LogP contribution in [-0.2, 0) is 9.53 Å². The number of aliphatic hydroxyl groups is 1. The molecule has 17 heavy (non-hydrogen) atoms. The van der Waals surface area contributed by atoms with E-state index in [0.717, 1.165) is 6.21 Å². The lowest BCUT2D eigenvalue weighted by Crippen LogP contribution is -2.10. The summed E-state index contributed by atoms with van der Waals surface area (Å²) < 4.78 is 4.73. The highest BCUT2D eigenvalue weighted by Gasteiger charge is 2.15. The zero-order valence-electron chi connectivity index (χ0n) is 9.43. The van der Waals surface area contributed by atoms with Crippen molar-refractivity contribution in [3.63, 3.8) is 0 Å². The molecule has 5 nitrogen and oxygen atoms in total. The maximum atomic E-state index is 11.4. The molecule has 0 aliphatic heterocycles. The summed E-state index contributed by atoms with van der Waals surface area (Å²) in [6.45, 7) is 1.84. The highest BCUT2D eigenvalue weighted by atomic mass is 16.5. The van der Waals surface area contributed by atoms with E-state index in [1.165, 1.54) is 0 Å². The Balaban J connectivity index is 3.12. The average Bonchev–Trinajstić information content (AvgIpc) is 2.31. The first-order valence-corrected chi connectivity index (χ1v) is 5.07. The molecular formula is C12H14N2O3. The van der Waals surface area contributed by atoms with Gasteiger partial charge in [0.1, 0.15) is 11.3 Å². The molecule has 0 spiro atoms. The van der Waals surface area contributed by atoms with Crippen LogP contribution in [0, 0.1) is 5.41 Å². The number of esters is 1. The van der Waals surface area contributed by atoms with Crippen molar-refractivity contribution in [3.8, 4) is 0 Å². The summed E-state index contributed by atoms with van der Waals surface area (Å²) in [5.74, 6) is -1.02. The minimum atomic E-state index is -0.725. The van der Waals surface area contributed by atoms with Gasteiger partial charge in [0, 0.05) is 17.5 Å². The van der Waals surface area contributed by atoms with Crippen LogP contribution in [-0.4, -0.2) is 23.9 Å². The van der Waals surface area contributed by atoms with E-state index in [0.29, 0.717) is 11.3 Å². The van der Waals surface area contributed by atoms with Gasteiger partial charge in [0.05, 0.1) is 6.61 Å². The van der Waals surface area contributed by atoms with E-state index in [1.807, 2.05) is 0 Å². The molecule has 0 radical (unpaired) electrons. The lowest BCUT2D eigenvalue weighted by Gasteiger charge is -2.06. The van der Waals surface area contributed by atoms with Gasteiger partial charge in [-0.05, 0) is 31.2 Å². The topological polar surface area (TPSA) is 96.4 Å². The number of aliphatic hydroxyl groups excluding tert-OH is 1. The molecule has 0 atom stereocenters. The first-order chi connectivity index (χ1) is 8.10. The Morgan fingerprint density at radius 2 is 2.06 bits per heavy atom. The summed E-state index contributed by atoms with van der Waals surface area (Å²) in [5, 5.41) is 17.0. The van der Waals surface area contributed by atoms with Crippen LogP contribution in [0.15, 0.2) is 29.8 Å². The Kier molecular flexibility index (Phi) is 4.28. The minimum absolute atomic E-state index is 0.184. The van der Waals surface area contributed by atoms with Crippen molar-refractivity contribution in [1.29, 1.82) is 5.41 Å². The molecule has 0 saturated heterocycles. The number of rotatable bonds is 4. The third-order valence-corrected chi connectivity index (χ3v) is 2.08. The SMILES string of the molecule is CCOC(=O)C(C=N)=C(O)c1ccc(N)cc1. The fourth-order valence-corrected chi connectivity index (χ4v) is 1.23. The molecule has 1 aromatic rings. The van der Waals surface area contributed by atoms with E-state index < -0.39 is 5.97 Å². The third-order valence-electron chi connectivity index (χ3n) is 2.08. The molecule has 4 N–H and O–H groups in total. The summed E-state index contributed by atoms with van der Waals surface area (Å²) in [5.41, 5.74) is 6.28. The van der Waals surface area contributed by atoms with Gasteiger partial charge in [0.2, 0.25) is 0 Å². The van der Waals surface area contributed by atoms with Gasteiger partial charge in [-0.25, -0.2) is 4.79 Å². The fraction of sp³-hybridized carbons (Fsp3) is 0.167. The largest absolute Gasteiger partial charge is 0.506 e. The van der Waals surface area contributed by atoms with Crippen LogP contribution >= 0.6 is 0 Å². The van der Waals surface area contributed by atoms with E-state index in [2.05, 4.69) is 0 Å². The van der Waals surface area contributed by atoms with Crippen molar-refractivity contribution in [2.75, 3.05) is 12.3 Å². The van der Waals surface area contributed by atoms with E-state index in [1.54, 1.807) is 31.2 Å². The van der Waals surface area contributed by atoms with Crippen molar-refractivity contribution in [2.45, 2.75) is 6.92 Å². The quantitative estimate of drug-likeness (QED) is 0.243. The zero-order chi connectivity index (χ0) is 12.8. The Hall–Kier alpha value is -2.30. The van der Waals surface area contributed by atoms with Crippen LogP contribution in [0.4, 0.5) is 5.69 Å². The number of carbonyl (C=O) groups excluding carboxylic acids is 1. The molecule has 1 aromatic carbocycles. The van der Waals surface area contributed by atoms with Crippen molar-refractivity contribution in [3.05, 3.63) is 35.4 Å². The molecule has 0 fully saturated rings. The Labute approximate surface area is 99.0 Å². The molecule has 5 heteroatoms. The minimum Gasteiger partial charge on any atom is -0.506 e. The van der Waals surface area contributed by atoms with Crippen LogP contribution < -0.4 is 5.73 Å². The summed E-state index contributed by atoms with van der Waals surface area (Å²) in [6, 6.07) is 6.32. The number of nitrogen functional groups attached to an aromatic ring is 1. The van der Waals surface area contributed by atoms with Gasteiger partial charge in [-0.15, -0.1) is 0 Å². The number of hydrogen-bond acceptors (Lipinski definition) is 5. The molecule has 1 rings (SSSR count). The Bertz CT molecular complexity index is 449. The Morgan fingerprint density at radius 3 is 2.53 bits per heavy atom. The first kappa shape index (κ1) is 12.8. The molecule has 0 unspecified atom stereocenters. The van der Waals surface area contributed by atoms with Gasteiger partial charge >= 0.3 is 5.97 Å². The maximum absolute atomic E-state index is 11.4. The van der Waals surface area contributed by atoms with E-state index in [-0.39, 0.29) is 17.9 Å². The number of nitrogens with one attached hydrogen (secondary N) is 1.